The van der Waals surface area contributed by atoms with Crippen molar-refractivity contribution in [2.45, 2.75) is 33.7 Å². The van der Waals surface area contributed by atoms with Gasteiger partial charge in [0.05, 0.1) is 18.0 Å². The topological polar surface area (TPSA) is 64.9 Å². The fraction of sp³-hybridized carbons (Fsp3) is 0.462. The number of nitrogens with zero attached hydrogens (tertiary/aromatic N) is 4. The molecule has 0 unspecified atom stereocenters. The van der Waals surface area contributed by atoms with Crippen LogP contribution < -0.4 is 10.1 Å². The van der Waals surface area contributed by atoms with Gasteiger partial charge in [-0.15, -0.1) is 0 Å². The third-order valence-electron chi connectivity index (χ3n) is 2.85. The van der Waals surface area contributed by atoms with E-state index in [1.165, 1.54) is 0 Å². The number of aromatic nitrogens is 4. The highest BCUT2D eigenvalue weighted by atomic mass is 16.5. The molecule has 0 radical (unpaired) electrons. The summed E-state index contributed by atoms with van der Waals surface area (Å²) in [5, 5.41) is 7.24. The Kier molecular flexibility index (Phi) is 3.99. The SMILES string of the molecule is CCc1nc(NC)c(C)c(Oc2cnn(CC)c2)n1. The van der Waals surface area contributed by atoms with Crippen LogP contribution in [0.25, 0.3) is 0 Å². The molecule has 0 saturated carbocycles. The number of anilines is 1. The van der Waals surface area contributed by atoms with Crippen molar-refractivity contribution in [1.82, 2.24) is 19.7 Å². The quantitative estimate of drug-likeness (QED) is 0.895. The van der Waals surface area contributed by atoms with E-state index in [-0.39, 0.29) is 0 Å². The molecular weight excluding hydrogens is 242 g/mol. The lowest BCUT2D eigenvalue weighted by Gasteiger charge is -2.11. The predicted molar refractivity (Wildman–Crippen MR) is 73.7 cm³/mol. The first-order valence-electron chi connectivity index (χ1n) is 6.43. The van der Waals surface area contributed by atoms with Gasteiger partial charge in [-0.25, -0.2) is 4.98 Å². The maximum Gasteiger partial charge on any atom is 0.227 e. The monoisotopic (exact) mass is 261 g/mol. The summed E-state index contributed by atoms with van der Waals surface area (Å²) < 4.78 is 7.61. The molecule has 19 heavy (non-hydrogen) atoms. The Balaban J connectivity index is 2.32. The van der Waals surface area contributed by atoms with E-state index in [4.69, 9.17) is 4.74 Å². The fourth-order valence-electron chi connectivity index (χ4n) is 1.72. The van der Waals surface area contributed by atoms with E-state index in [9.17, 15) is 0 Å². The van der Waals surface area contributed by atoms with Crippen molar-refractivity contribution in [3.8, 4) is 11.6 Å². The summed E-state index contributed by atoms with van der Waals surface area (Å²) in [6.07, 6.45) is 4.31. The number of hydrogen-bond donors (Lipinski definition) is 1. The second kappa shape index (κ2) is 5.69. The lowest BCUT2D eigenvalue weighted by molar-refractivity contribution is 0.454. The number of aryl methyl sites for hydroxylation is 2. The largest absolute Gasteiger partial charge is 0.435 e. The first-order chi connectivity index (χ1) is 9.17. The van der Waals surface area contributed by atoms with Crippen molar-refractivity contribution >= 4 is 5.82 Å². The van der Waals surface area contributed by atoms with Crippen LogP contribution in [0.5, 0.6) is 11.6 Å². The van der Waals surface area contributed by atoms with Crippen LogP contribution in [-0.4, -0.2) is 26.8 Å². The summed E-state index contributed by atoms with van der Waals surface area (Å²) in [6.45, 7) is 6.79. The van der Waals surface area contributed by atoms with E-state index in [0.29, 0.717) is 11.6 Å². The summed E-state index contributed by atoms with van der Waals surface area (Å²) >= 11 is 0. The number of hydrogen-bond acceptors (Lipinski definition) is 5. The zero-order valence-corrected chi connectivity index (χ0v) is 11.8. The molecule has 0 bridgehead atoms. The van der Waals surface area contributed by atoms with Gasteiger partial charge in [0.1, 0.15) is 11.6 Å². The molecule has 2 aromatic rings. The van der Waals surface area contributed by atoms with Crippen molar-refractivity contribution in [2.75, 3.05) is 12.4 Å². The van der Waals surface area contributed by atoms with Crippen molar-refractivity contribution < 1.29 is 4.74 Å². The van der Waals surface area contributed by atoms with Crippen LogP contribution in [0.2, 0.25) is 0 Å². The highest BCUT2D eigenvalue weighted by Gasteiger charge is 2.12. The van der Waals surface area contributed by atoms with Crippen LogP contribution >= 0.6 is 0 Å². The molecule has 0 fully saturated rings. The van der Waals surface area contributed by atoms with E-state index < -0.39 is 0 Å². The molecule has 0 spiro atoms. The Morgan fingerprint density at radius 1 is 1.32 bits per heavy atom. The zero-order valence-electron chi connectivity index (χ0n) is 11.8. The number of nitrogens with one attached hydrogen (secondary N) is 1. The standard InChI is InChI=1S/C13H19N5O/c1-5-11-16-12(14-4)9(3)13(17-11)19-10-7-15-18(6-2)8-10/h7-8H,5-6H2,1-4H3,(H,14,16,17). The van der Waals surface area contributed by atoms with Crippen LogP contribution in [0.15, 0.2) is 12.4 Å². The first-order valence-corrected chi connectivity index (χ1v) is 6.43. The zero-order chi connectivity index (χ0) is 13.8. The maximum atomic E-state index is 5.80. The van der Waals surface area contributed by atoms with Gasteiger partial charge in [0.15, 0.2) is 5.75 Å². The van der Waals surface area contributed by atoms with E-state index in [0.717, 1.165) is 30.2 Å². The van der Waals surface area contributed by atoms with Crippen LogP contribution in [0.1, 0.15) is 25.2 Å². The molecule has 0 atom stereocenters. The molecule has 0 amide bonds. The summed E-state index contributed by atoms with van der Waals surface area (Å²) in [7, 11) is 1.84. The van der Waals surface area contributed by atoms with Gasteiger partial charge in [0.2, 0.25) is 5.88 Å². The highest BCUT2D eigenvalue weighted by molar-refractivity contribution is 5.49. The lowest BCUT2D eigenvalue weighted by Crippen LogP contribution is -2.04. The molecule has 102 valence electrons. The van der Waals surface area contributed by atoms with Crippen molar-refractivity contribution in [2.24, 2.45) is 0 Å². The van der Waals surface area contributed by atoms with Gasteiger partial charge < -0.3 is 10.1 Å². The third-order valence-corrected chi connectivity index (χ3v) is 2.85. The first kappa shape index (κ1) is 13.3. The highest BCUT2D eigenvalue weighted by Crippen LogP contribution is 2.26. The molecular formula is C13H19N5O. The van der Waals surface area contributed by atoms with Gasteiger partial charge in [-0.1, -0.05) is 6.92 Å². The molecule has 0 aliphatic carbocycles. The van der Waals surface area contributed by atoms with E-state index in [2.05, 4.69) is 20.4 Å². The van der Waals surface area contributed by atoms with Crippen LogP contribution in [0.4, 0.5) is 5.82 Å². The molecule has 2 aromatic heterocycles. The van der Waals surface area contributed by atoms with Crippen molar-refractivity contribution in [3.05, 3.63) is 23.8 Å². The summed E-state index contributed by atoms with van der Waals surface area (Å²) in [4.78, 5) is 8.83. The summed E-state index contributed by atoms with van der Waals surface area (Å²) in [6, 6.07) is 0. The molecule has 0 aliphatic rings. The van der Waals surface area contributed by atoms with Crippen LogP contribution in [0.3, 0.4) is 0 Å². The molecule has 2 rings (SSSR count). The summed E-state index contributed by atoms with van der Waals surface area (Å²) in [5.74, 6) is 2.82. The maximum absolute atomic E-state index is 5.80. The van der Waals surface area contributed by atoms with Crippen LogP contribution in [0, 0.1) is 6.92 Å². The smallest absolute Gasteiger partial charge is 0.227 e. The average molecular weight is 261 g/mol. The Morgan fingerprint density at radius 3 is 2.68 bits per heavy atom. The number of rotatable bonds is 5. The minimum absolute atomic E-state index is 0.576. The van der Waals surface area contributed by atoms with Crippen molar-refractivity contribution in [3.63, 3.8) is 0 Å². The van der Waals surface area contributed by atoms with Gasteiger partial charge in [0, 0.05) is 20.0 Å². The van der Waals surface area contributed by atoms with Crippen LogP contribution in [-0.2, 0) is 13.0 Å². The minimum atomic E-state index is 0.576. The Bertz CT molecular complexity index is 564. The average Bonchev–Trinajstić information content (AvgIpc) is 2.88. The van der Waals surface area contributed by atoms with Gasteiger partial charge in [0.25, 0.3) is 0 Å². The van der Waals surface area contributed by atoms with Gasteiger partial charge in [-0.05, 0) is 13.8 Å². The second-order valence-corrected chi connectivity index (χ2v) is 4.16. The third kappa shape index (κ3) is 2.83. The second-order valence-electron chi connectivity index (χ2n) is 4.16. The van der Waals surface area contributed by atoms with E-state index >= 15 is 0 Å². The van der Waals surface area contributed by atoms with Crippen molar-refractivity contribution in [1.29, 1.82) is 0 Å². The number of ether oxygens (including phenoxy) is 1. The fourth-order valence-corrected chi connectivity index (χ4v) is 1.72. The molecule has 0 aromatic carbocycles. The summed E-state index contributed by atoms with van der Waals surface area (Å²) in [5.41, 5.74) is 0.893. The molecule has 2 heterocycles. The Hall–Kier alpha value is -2.11. The predicted octanol–water partition coefficient (Wildman–Crippen LogP) is 2.40. The molecule has 6 heteroatoms. The molecule has 0 aliphatic heterocycles. The Morgan fingerprint density at radius 2 is 2.11 bits per heavy atom. The van der Waals surface area contributed by atoms with Gasteiger partial charge >= 0.3 is 0 Å². The molecule has 0 saturated heterocycles. The lowest BCUT2D eigenvalue weighted by atomic mass is 10.3. The van der Waals surface area contributed by atoms with Gasteiger partial charge in [-0.3, -0.25) is 4.68 Å². The van der Waals surface area contributed by atoms with E-state index in [1.54, 1.807) is 6.20 Å². The van der Waals surface area contributed by atoms with Gasteiger partial charge in [-0.2, -0.15) is 10.1 Å². The van der Waals surface area contributed by atoms with E-state index in [1.807, 2.05) is 38.7 Å². The Labute approximate surface area is 112 Å². The minimum Gasteiger partial charge on any atom is -0.435 e. The molecule has 1 N–H and O–H groups in total. The normalized spacial score (nSPS) is 10.5. The molecule has 6 nitrogen and oxygen atoms in total.